The van der Waals surface area contributed by atoms with Gasteiger partial charge in [-0.2, -0.15) is 0 Å². The van der Waals surface area contributed by atoms with E-state index < -0.39 is 0 Å². The molecule has 0 aliphatic rings. The van der Waals surface area contributed by atoms with Crippen LogP contribution >= 0.6 is 23.1 Å². The molecule has 1 amide bonds. The maximum Gasteiger partial charge on any atom is 0.282 e. The average molecular weight is 245 g/mol. The Kier molecular flexibility index (Phi) is 5.04. The lowest BCUT2D eigenvalue weighted by atomic mass is 10.4. The maximum atomic E-state index is 11.4. The van der Waals surface area contributed by atoms with Crippen LogP contribution in [0.3, 0.4) is 0 Å². The first-order valence-corrected chi connectivity index (χ1v) is 6.65. The average Bonchev–Trinajstić information content (AvgIpc) is 2.66. The van der Waals surface area contributed by atoms with Crippen LogP contribution in [0, 0.1) is 0 Å². The lowest BCUT2D eigenvalue weighted by Gasteiger charge is -2.02. The van der Waals surface area contributed by atoms with Crippen LogP contribution in [0.15, 0.2) is 4.34 Å². The number of carbonyl (C=O) groups excluding carboxylic acids is 1. The molecule has 1 aromatic rings. The van der Waals surface area contributed by atoms with Gasteiger partial charge in [-0.3, -0.25) is 4.79 Å². The molecule has 1 atom stereocenters. The lowest BCUT2D eigenvalue weighted by Crippen LogP contribution is -2.22. The minimum atomic E-state index is -0.133. The Morgan fingerprint density at radius 3 is 2.87 bits per heavy atom. The van der Waals surface area contributed by atoms with Gasteiger partial charge in [-0.1, -0.05) is 36.9 Å². The summed E-state index contributed by atoms with van der Waals surface area (Å²) in [6, 6.07) is 0. The first-order valence-electron chi connectivity index (χ1n) is 4.95. The van der Waals surface area contributed by atoms with E-state index in [1.807, 2.05) is 6.92 Å². The highest BCUT2D eigenvalue weighted by Crippen LogP contribution is 2.27. The van der Waals surface area contributed by atoms with Gasteiger partial charge in [0.25, 0.3) is 5.91 Å². The molecule has 6 heteroatoms. The van der Waals surface area contributed by atoms with Gasteiger partial charge in [-0.05, 0) is 13.3 Å². The predicted octanol–water partition coefficient (Wildman–Crippen LogP) is 2.18. The van der Waals surface area contributed by atoms with Crippen molar-refractivity contribution in [2.45, 2.75) is 36.8 Å². The Morgan fingerprint density at radius 1 is 1.53 bits per heavy atom. The molecule has 1 heterocycles. The van der Waals surface area contributed by atoms with Gasteiger partial charge >= 0.3 is 0 Å². The van der Waals surface area contributed by atoms with Gasteiger partial charge in [0, 0.05) is 11.8 Å². The Balaban J connectivity index is 2.59. The molecule has 84 valence electrons. The van der Waals surface area contributed by atoms with E-state index in [9.17, 15) is 4.79 Å². The zero-order chi connectivity index (χ0) is 11.3. The van der Waals surface area contributed by atoms with Gasteiger partial charge in [0.2, 0.25) is 5.01 Å². The van der Waals surface area contributed by atoms with Crippen molar-refractivity contribution < 1.29 is 4.79 Å². The molecular formula is C9H15N3OS2. The van der Waals surface area contributed by atoms with E-state index >= 15 is 0 Å². The molecular weight excluding hydrogens is 230 g/mol. The van der Waals surface area contributed by atoms with Crippen molar-refractivity contribution in [3.05, 3.63) is 5.01 Å². The van der Waals surface area contributed by atoms with Crippen LogP contribution in [-0.2, 0) is 0 Å². The third-order valence-electron chi connectivity index (χ3n) is 1.81. The minimum absolute atomic E-state index is 0.133. The third-order valence-corrected chi connectivity index (χ3v) is 4.09. The van der Waals surface area contributed by atoms with E-state index in [2.05, 4.69) is 29.4 Å². The van der Waals surface area contributed by atoms with E-state index in [1.165, 1.54) is 11.3 Å². The van der Waals surface area contributed by atoms with Crippen LogP contribution in [0.5, 0.6) is 0 Å². The molecule has 0 aromatic carbocycles. The van der Waals surface area contributed by atoms with E-state index in [0.717, 1.165) is 10.8 Å². The van der Waals surface area contributed by atoms with Crippen molar-refractivity contribution in [1.29, 1.82) is 0 Å². The van der Waals surface area contributed by atoms with Crippen molar-refractivity contribution >= 4 is 29.0 Å². The molecule has 1 unspecified atom stereocenters. The second-order valence-corrected chi connectivity index (χ2v) is 5.73. The van der Waals surface area contributed by atoms with Crippen LogP contribution in [0.1, 0.15) is 37.0 Å². The summed E-state index contributed by atoms with van der Waals surface area (Å²) >= 11 is 3.02. The SMILES string of the molecule is CCNC(=O)c1nnc(SC(C)CC)s1. The number of nitrogens with zero attached hydrogens (tertiary/aromatic N) is 2. The number of hydrogen-bond acceptors (Lipinski definition) is 5. The Morgan fingerprint density at radius 2 is 2.27 bits per heavy atom. The minimum Gasteiger partial charge on any atom is -0.350 e. The number of thioether (sulfide) groups is 1. The molecule has 15 heavy (non-hydrogen) atoms. The normalized spacial score (nSPS) is 12.5. The molecule has 1 rings (SSSR count). The van der Waals surface area contributed by atoms with Gasteiger partial charge in [-0.15, -0.1) is 10.2 Å². The van der Waals surface area contributed by atoms with Crippen molar-refractivity contribution in [3.8, 4) is 0 Å². The monoisotopic (exact) mass is 245 g/mol. The fourth-order valence-electron chi connectivity index (χ4n) is 0.841. The van der Waals surface area contributed by atoms with E-state index in [4.69, 9.17) is 0 Å². The summed E-state index contributed by atoms with van der Waals surface area (Å²) < 4.78 is 0.866. The van der Waals surface area contributed by atoms with Crippen LogP contribution in [-0.4, -0.2) is 27.9 Å². The number of nitrogens with one attached hydrogen (secondary N) is 1. The Bertz CT molecular complexity index is 327. The topological polar surface area (TPSA) is 54.9 Å². The highest BCUT2D eigenvalue weighted by Gasteiger charge is 2.13. The number of rotatable bonds is 5. The molecule has 0 saturated carbocycles. The molecule has 0 spiro atoms. The van der Waals surface area contributed by atoms with Gasteiger partial charge in [0.05, 0.1) is 0 Å². The van der Waals surface area contributed by atoms with Crippen LogP contribution in [0.4, 0.5) is 0 Å². The highest BCUT2D eigenvalue weighted by atomic mass is 32.2. The second-order valence-electron chi connectivity index (χ2n) is 3.07. The molecule has 0 bridgehead atoms. The van der Waals surface area contributed by atoms with E-state index in [-0.39, 0.29) is 5.91 Å². The van der Waals surface area contributed by atoms with Crippen molar-refractivity contribution in [3.63, 3.8) is 0 Å². The fraction of sp³-hybridized carbons (Fsp3) is 0.667. The van der Waals surface area contributed by atoms with Gasteiger partial charge in [-0.25, -0.2) is 0 Å². The number of aromatic nitrogens is 2. The fourth-order valence-corrected chi connectivity index (χ4v) is 2.86. The molecule has 0 radical (unpaired) electrons. The zero-order valence-electron chi connectivity index (χ0n) is 9.11. The number of hydrogen-bond donors (Lipinski definition) is 1. The first-order chi connectivity index (χ1) is 7.17. The van der Waals surface area contributed by atoms with Crippen molar-refractivity contribution in [1.82, 2.24) is 15.5 Å². The number of carbonyl (C=O) groups is 1. The maximum absolute atomic E-state index is 11.4. The van der Waals surface area contributed by atoms with Gasteiger partial charge < -0.3 is 5.32 Å². The largest absolute Gasteiger partial charge is 0.350 e. The molecule has 0 aliphatic heterocycles. The first kappa shape index (κ1) is 12.4. The van der Waals surface area contributed by atoms with Crippen LogP contribution in [0.25, 0.3) is 0 Å². The third kappa shape index (κ3) is 3.79. The van der Waals surface area contributed by atoms with Crippen LogP contribution in [0.2, 0.25) is 0 Å². The summed E-state index contributed by atoms with van der Waals surface area (Å²) in [5, 5.41) is 11.5. The zero-order valence-corrected chi connectivity index (χ0v) is 10.7. The Labute approximate surface area is 97.9 Å². The van der Waals surface area contributed by atoms with E-state index in [0.29, 0.717) is 16.8 Å². The summed E-state index contributed by atoms with van der Waals surface area (Å²) in [5.74, 6) is -0.133. The molecule has 1 N–H and O–H groups in total. The highest BCUT2D eigenvalue weighted by molar-refractivity contribution is 8.01. The molecule has 4 nitrogen and oxygen atoms in total. The number of amides is 1. The summed E-state index contributed by atoms with van der Waals surface area (Å²) in [7, 11) is 0. The quantitative estimate of drug-likeness (QED) is 0.808. The standard InChI is InChI=1S/C9H15N3OS2/c1-4-6(3)14-9-12-11-8(15-9)7(13)10-5-2/h6H,4-5H2,1-3H3,(H,10,13). The van der Waals surface area contributed by atoms with E-state index in [1.54, 1.807) is 11.8 Å². The Hall–Kier alpha value is -0.620. The predicted molar refractivity (Wildman–Crippen MR) is 63.5 cm³/mol. The lowest BCUT2D eigenvalue weighted by molar-refractivity contribution is 0.0954. The van der Waals surface area contributed by atoms with Crippen molar-refractivity contribution in [2.75, 3.05) is 6.54 Å². The summed E-state index contributed by atoms with van der Waals surface area (Å²) in [4.78, 5) is 11.4. The van der Waals surface area contributed by atoms with Crippen molar-refractivity contribution in [2.24, 2.45) is 0 Å². The summed E-state index contributed by atoms with van der Waals surface area (Å²) in [6.45, 7) is 6.77. The smallest absolute Gasteiger partial charge is 0.282 e. The molecule has 1 aromatic heterocycles. The van der Waals surface area contributed by atoms with Crippen LogP contribution < -0.4 is 5.32 Å². The summed E-state index contributed by atoms with van der Waals surface area (Å²) in [5.41, 5.74) is 0. The summed E-state index contributed by atoms with van der Waals surface area (Å²) in [6.07, 6.45) is 1.08. The molecule has 0 aliphatic carbocycles. The molecule has 0 saturated heterocycles. The molecule has 0 fully saturated rings. The van der Waals surface area contributed by atoms with Gasteiger partial charge in [0.1, 0.15) is 0 Å². The van der Waals surface area contributed by atoms with Gasteiger partial charge in [0.15, 0.2) is 4.34 Å². The second kappa shape index (κ2) is 6.07.